The first kappa shape index (κ1) is 23.6. The highest BCUT2D eigenvalue weighted by molar-refractivity contribution is 7.19. The Morgan fingerprint density at radius 1 is 0.912 bits per heavy atom. The normalized spacial score (nSPS) is 13.6. The van der Waals surface area contributed by atoms with Gasteiger partial charge >= 0.3 is 0 Å². The van der Waals surface area contributed by atoms with Crippen molar-refractivity contribution in [2.24, 2.45) is 0 Å². The maximum absolute atomic E-state index is 12.8. The molecule has 2 heterocycles. The molecule has 10 heteroatoms. The van der Waals surface area contributed by atoms with Gasteiger partial charge in [0.25, 0.3) is 5.91 Å². The van der Waals surface area contributed by atoms with Gasteiger partial charge in [0.1, 0.15) is 0 Å². The van der Waals surface area contributed by atoms with Crippen LogP contribution in [-0.4, -0.2) is 63.6 Å². The van der Waals surface area contributed by atoms with Gasteiger partial charge in [-0.25, -0.2) is 0 Å². The van der Waals surface area contributed by atoms with Crippen molar-refractivity contribution < 1.29 is 19.0 Å². The van der Waals surface area contributed by atoms with E-state index in [2.05, 4.69) is 57.4 Å². The zero-order chi connectivity index (χ0) is 24.2. The third-order valence-corrected chi connectivity index (χ3v) is 6.70. The number of aryl methyl sites for hydroxylation is 2. The number of rotatable bonds is 7. The van der Waals surface area contributed by atoms with Crippen molar-refractivity contribution >= 4 is 33.2 Å². The topological polar surface area (TPSA) is 89.0 Å². The van der Waals surface area contributed by atoms with Crippen LogP contribution in [0.5, 0.6) is 17.2 Å². The summed E-state index contributed by atoms with van der Waals surface area (Å²) < 4.78 is 16.0. The number of ether oxygens (including phenoxy) is 3. The monoisotopic (exact) mass is 483 g/mol. The molecule has 180 valence electrons. The van der Waals surface area contributed by atoms with E-state index in [-0.39, 0.29) is 5.91 Å². The molecule has 0 saturated carbocycles. The van der Waals surface area contributed by atoms with Gasteiger partial charge in [-0.05, 0) is 37.6 Å². The highest BCUT2D eigenvalue weighted by Crippen LogP contribution is 2.38. The summed E-state index contributed by atoms with van der Waals surface area (Å²) >= 11 is 1.36. The van der Waals surface area contributed by atoms with Gasteiger partial charge in [-0.3, -0.25) is 10.1 Å². The fourth-order valence-corrected chi connectivity index (χ4v) is 4.87. The summed E-state index contributed by atoms with van der Waals surface area (Å²) in [4.78, 5) is 17.5. The van der Waals surface area contributed by atoms with Crippen molar-refractivity contribution in [1.29, 1.82) is 0 Å². The fourth-order valence-electron chi connectivity index (χ4n) is 4.07. The van der Waals surface area contributed by atoms with E-state index in [1.165, 1.54) is 49.5 Å². The van der Waals surface area contributed by atoms with Gasteiger partial charge in [0.05, 0.1) is 21.3 Å². The molecule has 0 atom stereocenters. The Bertz CT molecular complexity index is 1150. The lowest BCUT2D eigenvalue weighted by Gasteiger charge is -2.36. The number of nitrogens with one attached hydrogen (secondary N) is 1. The van der Waals surface area contributed by atoms with Crippen LogP contribution in [0.15, 0.2) is 30.3 Å². The summed E-state index contributed by atoms with van der Waals surface area (Å²) in [7, 11) is 4.54. The van der Waals surface area contributed by atoms with Gasteiger partial charge in [-0.1, -0.05) is 29.0 Å². The standard InChI is InChI=1S/C24H29N5O4S/c1-15-6-7-18(16(2)12-15)28-8-10-29(11-9-28)24-27-26-23(34-24)25-22(30)17-13-19(31-3)21(33-5)20(14-17)32-4/h6-7,12-14H,8-11H2,1-5H3,(H,25,26,30). The Labute approximate surface area is 203 Å². The van der Waals surface area contributed by atoms with Crippen molar-refractivity contribution in [3.63, 3.8) is 0 Å². The lowest BCUT2D eigenvalue weighted by atomic mass is 10.1. The molecule has 4 rings (SSSR count). The second kappa shape index (κ2) is 10.2. The zero-order valence-corrected chi connectivity index (χ0v) is 20.9. The van der Waals surface area contributed by atoms with Crippen molar-refractivity contribution in [3.05, 3.63) is 47.0 Å². The third kappa shape index (κ3) is 4.86. The first-order valence-corrected chi connectivity index (χ1v) is 11.8. The maximum atomic E-state index is 12.8. The smallest absolute Gasteiger partial charge is 0.257 e. The minimum Gasteiger partial charge on any atom is -0.493 e. The lowest BCUT2D eigenvalue weighted by Crippen LogP contribution is -2.46. The van der Waals surface area contributed by atoms with Crippen LogP contribution in [0.1, 0.15) is 21.5 Å². The Morgan fingerprint density at radius 3 is 2.15 bits per heavy atom. The minimum absolute atomic E-state index is 0.332. The number of carbonyl (C=O) groups excluding carboxylic acids is 1. The van der Waals surface area contributed by atoms with Crippen molar-refractivity contribution in [1.82, 2.24) is 10.2 Å². The van der Waals surface area contributed by atoms with Crippen LogP contribution in [0.4, 0.5) is 16.0 Å². The number of aromatic nitrogens is 2. The third-order valence-electron chi connectivity index (χ3n) is 5.80. The summed E-state index contributed by atoms with van der Waals surface area (Å²) in [5.74, 6) is 0.916. The van der Waals surface area contributed by atoms with E-state index in [0.29, 0.717) is 27.9 Å². The summed E-state index contributed by atoms with van der Waals surface area (Å²) in [6.07, 6.45) is 0. The Balaban J connectivity index is 1.41. The van der Waals surface area contributed by atoms with E-state index in [1.807, 2.05) is 0 Å². The molecular weight excluding hydrogens is 454 g/mol. The minimum atomic E-state index is -0.332. The molecule has 1 fully saturated rings. The molecule has 0 aliphatic carbocycles. The summed E-state index contributed by atoms with van der Waals surface area (Å²) in [5, 5.41) is 12.5. The van der Waals surface area contributed by atoms with E-state index in [0.717, 1.165) is 31.3 Å². The lowest BCUT2D eigenvalue weighted by molar-refractivity contribution is 0.102. The summed E-state index contributed by atoms with van der Waals surface area (Å²) in [6.45, 7) is 7.74. The van der Waals surface area contributed by atoms with E-state index in [1.54, 1.807) is 12.1 Å². The second-order valence-electron chi connectivity index (χ2n) is 8.02. The van der Waals surface area contributed by atoms with E-state index >= 15 is 0 Å². The molecule has 0 bridgehead atoms. The summed E-state index contributed by atoms with van der Waals surface area (Å²) in [6, 6.07) is 9.77. The predicted octanol–water partition coefficient (Wildman–Crippen LogP) is 3.76. The number of hydrogen-bond donors (Lipinski definition) is 1. The molecule has 0 radical (unpaired) electrons. The molecule has 34 heavy (non-hydrogen) atoms. The van der Waals surface area contributed by atoms with E-state index in [4.69, 9.17) is 14.2 Å². The average molecular weight is 484 g/mol. The summed E-state index contributed by atoms with van der Waals surface area (Å²) in [5.41, 5.74) is 4.21. The van der Waals surface area contributed by atoms with Crippen LogP contribution >= 0.6 is 11.3 Å². The molecule has 1 N–H and O–H groups in total. The van der Waals surface area contributed by atoms with Gasteiger partial charge in [-0.2, -0.15) is 0 Å². The van der Waals surface area contributed by atoms with Crippen LogP contribution in [0.3, 0.4) is 0 Å². The van der Waals surface area contributed by atoms with Crippen molar-refractivity contribution in [2.75, 3.05) is 62.6 Å². The molecule has 2 aromatic carbocycles. The molecule has 3 aromatic rings. The van der Waals surface area contributed by atoms with Crippen molar-refractivity contribution in [3.8, 4) is 17.2 Å². The van der Waals surface area contributed by atoms with Crippen LogP contribution in [0.25, 0.3) is 0 Å². The molecule has 0 spiro atoms. The molecular formula is C24H29N5O4S. The Kier molecular flexibility index (Phi) is 7.06. The van der Waals surface area contributed by atoms with Crippen LogP contribution in [-0.2, 0) is 0 Å². The zero-order valence-electron chi connectivity index (χ0n) is 20.0. The first-order chi connectivity index (χ1) is 16.4. The molecule has 1 aliphatic rings. The number of amides is 1. The molecule has 1 aromatic heterocycles. The van der Waals surface area contributed by atoms with Gasteiger partial charge in [0, 0.05) is 37.4 Å². The number of piperazine rings is 1. The molecule has 1 saturated heterocycles. The number of methoxy groups -OCH3 is 3. The van der Waals surface area contributed by atoms with E-state index < -0.39 is 0 Å². The molecule has 0 unspecified atom stereocenters. The van der Waals surface area contributed by atoms with Crippen LogP contribution < -0.4 is 29.3 Å². The van der Waals surface area contributed by atoms with Crippen molar-refractivity contribution in [2.45, 2.75) is 13.8 Å². The highest BCUT2D eigenvalue weighted by Gasteiger charge is 2.23. The van der Waals surface area contributed by atoms with Crippen LogP contribution in [0.2, 0.25) is 0 Å². The van der Waals surface area contributed by atoms with Gasteiger partial charge in [-0.15, -0.1) is 10.2 Å². The van der Waals surface area contributed by atoms with E-state index in [9.17, 15) is 4.79 Å². The average Bonchev–Trinajstić information content (AvgIpc) is 3.31. The maximum Gasteiger partial charge on any atom is 0.257 e. The number of anilines is 3. The predicted molar refractivity (Wildman–Crippen MR) is 134 cm³/mol. The molecule has 1 amide bonds. The van der Waals surface area contributed by atoms with Gasteiger partial charge in [0.2, 0.25) is 16.0 Å². The first-order valence-electron chi connectivity index (χ1n) is 11.0. The SMILES string of the molecule is COc1cc(C(=O)Nc2nnc(N3CCN(c4ccc(C)cc4C)CC3)s2)cc(OC)c1OC. The Morgan fingerprint density at radius 2 is 1.56 bits per heavy atom. The van der Waals surface area contributed by atoms with Gasteiger partial charge < -0.3 is 24.0 Å². The largest absolute Gasteiger partial charge is 0.493 e. The highest BCUT2D eigenvalue weighted by atomic mass is 32.1. The number of hydrogen-bond acceptors (Lipinski definition) is 9. The van der Waals surface area contributed by atoms with Gasteiger partial charge in [0.15, 0.2) is 11.5 Å². The van der Waals surface area contributed by atoms with Crippen LogP contribution in [0, 0.1) is 13.8 Å². The number of benzene rings is 2. The molecule has 9 nitrogen and oxygen atoms in total. The number of carbonyl (C=O) groups is 1. The Hall–Kier alpha value is -3.53. The molecule has 1 aliphatic heterocycles. The fraction of sp³-hybridized carbons (Fsp3) is 0.375. The number of nitrogens with zero attached hydrogens (tertiary/aromatic N) is 4. The second-order valence-corrected chi connectivity index (χ2v) is 8.98. The quantitative estimate of drug-likeness (QED) is 0.544.